The van der Waals surface area contributed by atoms with E-state index in [4.69, 9.17) is 0 Å². The van der Waals surface area contributed by atoms with Crippen molar-refractivity contribution in [1.82, 2.24) is 34.7 Å². The number of hydrogen-bond donors (Lipinski definition) is 1. The van der Waals surface area contributed by atoms with Gasteiger partial charge in [-0.3, -0.25) is 0 Å². The molecule has 0 amide bonds. The number of likely N-dealkylation sites (N-methyl/N-ethyl adjacent to an activating group) is 1. The third-order valence-electron chi connectivity index (χ3n) is 5.18. The van der Waals surface area contributed by atoms with E-state index in [-0.39, 0.29) is 0 Å². The van der Waals surface area contributed by atoms with Gasteiger partial charge in [-0.1, -0.05) is 0 Å². The first-order valence-corrected chi connectivity index (χ1v) is 8.93. The standard InChI is InChI=1S/C17H21N9/c1-24-5-4-14-13(9-24)17(20-10-19-14)18-6-12-7-25(8-12)16-3-2-15-22-21-11-26(15)23-16/h2-3,10-12H,4-9H2,1H3,(H,18,19,20). The number of aromatic nitrogens is 6. The highest BCUT2D eigenvalue weighted by Gasteiger charge is 2.28. The lowest BCUT2D eigenvalue weighted by atomic mass is 10.00. The summed E-state index contributed by atoms with van der Waals surface area (Å²) < 4.78 is 1.71. The molecule has 3 aromatic rings. The topological polar surface area (TPSA) is 87.4 Å². The Morgan fingerprint density at radius 2 is 2.15 bits per heavy atom. The molecule has 0 atom stereocenters. The van der Waals surface area contributed by atoms with Crippen molar-refractivity contribution >= 4 is 17.3 Å². The zero-order chi connectivity index (χ0) is 17.5. The van der Waals surface area contributed by atoms with Gasteiger partial charge in [0.25, 0.3) is 0 Å². The molecular formula is C17H21N9. The molecule has 9 nitrogen and oxygen atoms in total. The van der Waals surface area contributed by atoms with E-state index in [0.717, 1.165) is 56.4 Å². The summed E-state index contributed by atoms with van der Waals surface area (Å²) in [5, 5.41) is 15.9. The molecule has 0 aromatic carbocycles. The number of anilines is 2. The summed E-state index contributed by atoms with van der Waals surface area (Å²) in [5.74, 6) is 2.54. The van der Waals surface area contributed by atoms with E-state index >= 15 is 0 Å². The molecule has 2 aliphatic rings. The van der Waals surface area contributed by atoms with E-state index in [0.29, 0.717) is 5.92 Å². The second kappa shape index (κ2) is 6.17. The fourth-order valence-corrected chi connectivity index (χ4v) is 3.64. The van der Waals surface area contributed by atoms with Crippen LogP contribution in [0.5, 0.6) is 0 Å². The van der Waals surface area contributed by atoms with Gasteiger partial charge in [-0.2, -0.15) is 4.52 Å². The van der Waals surface area contributed by atoms with Gasteiger partial charge in [0, 0.05) is 50.6 Å². The maximum Gasteiger partial charge on any atom is 0.177 e. The molecule has 1 N–H and O–H groups in total. The van der Waals surface area contributed by atoms with Crippen LogP contribution in [0.4, 0.5) is 11.6 Å². The number of rotatable bonds is 4. The van der Waals surface area contributed by atoms with Crippen LogP contribution in [0.3, 0.4) is 0 Å². The Morgan fingerprint density at radius 3 is 3.08 bits per heavy atom. The van der Waals surface area contributed by atoms with Crippen molar-refractivity contribution in [2.24, 2.45) is 5.92 Å². The summed E-state index contributed by atoms with van der Waals surface area (Å²) >= 11 is 0. The van der Waals surface area contributed by atoms with Gasteiger partial charge in [0.1, 0.15) is 24.3 Å². The molecule has 2 aliphatic heterocycles. The summed E-state index contributed by atoms with van der Waals surface area (Å²) in [6.07, 6.45) is 4.31. The van der Waals surface area contributed by atoms with Crippen LogP contribution in [0.15, 0.2) is 24.8 Å². The van der Waals surface area contributed by atoms with Gasteiger partial charge in [-0.15, -0.1) is 15.3 Å². The Kier molecular flexibility index (Phi) is 3.66. The summed E-state index contributed by atoms with van der Waals surface area (Å²) in [4.78, 5) is 13.5. The maximum absolute atomic E-state index is 4.55. The van der Waals surface area contributed by atoms with Gasteiger partial charge in [0.05, 0.1) is 5.69 Å². The lowest BCUT2D eigenvalue weighted by Crippen LogP contribution is -2.50. The minimum atomic E-state index is 0.584. The van der Waals surface area contributed by atoms with Crippen molar-refractivity contribution in [1.29, 1.82) is 0 Å². The Bertz CT molecular complexity index is 931. The van der Waals surface area contributed by atoms with Crippen LogP contribution in [0.2, 0.25) is 0 Å². The van der Waals surface area contributed by atoms with Gasteiger partial charge in [0.2, 0.25) is 0 Å². The van der Waals surface area contributed by atoms with Crippen LogP contribution in [0.1, 0.15) is 11.3 Å². The predicted molar refractivity (Wildman–Crippen MR) is 97.0 cm³/mol. The van der Waals surface area contributed by atoms with E-state index in [1.54, 1.807) is 17.2 Å². The molecule has 0 radical (unpaired) electrons. The molecule has 1 fully saturated rings. The highest BCUT2D eigenvalue weighted by molar-refractivity contribution is 5.49. The molecular weight excluding hydrogens is 330 g/mol. The van der Waals surface area contributed by atoms with Gasteiger partial charge in [-0.05, 0) is 19.2 Å². The summed E-state index contributed by atoms with van der Waals surface area (Å²) in [6, 6.07) is 3.95. The second-order valence-corrected chi connectivity index (χ2v) is 7.11. The van der Waals surface area contributed by atoms with Crippen molar-refractivity contribution < 1.29 is 0 Å². The fraction of sp³-hybridized carbons (Fsp3) is 0.471. The highest BCUT2D eigenvalue weighted by atomic mass is 15.4. The van der Waals surface area contributed by atoms with Crippen LogP contribution in [-0.4, -0.2) is 67.9 Å². The van der Waals surface area contributed by atoms with E-state index in [1.165, 1.54) is 11.3 Å². The third-order valence-corrected chi connectivity index (χ3v) is 5.18. The lowest BCUT2D eigenvalue weighted by Gasteiger charge is -2.40. The van der Waals surface area contributed by atoms with Gasteiger partial charge in [0.15, 0.2) is 5.65 Å². The van der Waals surface area contributed by atoms with Gasteiger partial charge in [-0.25, -0.2) is 9.97 Å². The van der Waals surface area contributed by atoms with E-state index in [2.05, 4.69) is 47.4 Å². The fourth-order valence-electron chi connectivity index (χ4n) is 3.64. The Morgan fingerprint density at radius 1 is 1.23 bits per heavy atom. The van der Waals surface area contributed by atoms with E-state index in [1.807, 2.05) is 12.1 Å². The number of nitrogens with zero attached hydrogens (tertiary/aromatic N) is 8. The maximum atomic E-state index is 4.55. The Hall–Kier alpha value is -2.81. The Labute approximate surface area is 151 Å². The van der Waals surface area contributed by atoms with Crippen molar-refractivity contribution in [3.8, 4) is 0 Å². The molecule has 9 heteroatoms. The first-order valence-electron chi connectivity index (χ1n) is 8.93. The molecule has 5 rings (SSSR count). The molecule has 0 aliphatic carbocycles. The lowest BCUT2D eigenvalue weighted by molar-refractivity contribution is 0.309. The predicted octanol–water partition coefficient (Wildman–Crippen LogP) is 0.450. The number of fused-ring (bicyclic) bond motifs is 2. The highest BCUT2D eigenvalue weighted by Crippen LogP contribution is 2.25. The van der Waals surface area contributed by atoms with Crippen LogP contribution >= 0.6 is 0 Å². The first kappa shape index (κ1) is 15.4. The van der Waals surface area contributed by atoms with Gasteiger partial charge >= 0.3 is 0 Å². The van der Waals surface area contributed by atoms with Crippen molar-refractivity contribution in [3.63, 3.8) is 0 Å². The molecule has 26 heavy (non-hydrogen) atoms. The van der Waals surface area contributed by atoms with Crippen LogP contribution in [0.25, 0.3) is 5.65 Å². The SMILES string of the molecule is CN1CCc2ncnc(NCC3CN(c4ccc5nncn5n4)C3)c2C1. The van der Waals surface area contributed by atoms with Crippen LogP contribution in [-0.2, 0) is 13.0 Å². The van der Waals surface area contributed by atoms with Crippen LogP contribution in [0, 0.1) is 5.92 Å². The monoisotopic (exact) mass is 351 g/mol. The summed E-state index contributed by atoms with van der Waals surface area (Å²) in [6.45, 7) is 4.86. The van der Waals surface area contributed by atoms with E-state index in [9.17, 15) is 0 Å². The molecule has 0 bridgehead atoms. The zero-order valence-corrected chi connectivity index (χ0v) is 14.7. The molecule has 134 valence electrons. The molecule has 0 saturated carbocycles. The number of hydrogen-bond acceptors (Lipinski definition) is 8. The largest absolute Gasteiger partial charge is 0.369 e. The first-order chi connectivity index (χ1) is 12.8. The molecule has 3 aromatic heterocycles. The summed E-state index contributed by atoms with van der Waals surface area (Å²) in [7, 11) is 2.14. The van der Waals surface area contributed by atoms with Crippen molar-refractivity contribution in [2.45, 2.75) is 13.0 Å². The normalized spacial score (nSPS) is 18.0. The third kappa shape index (κ3) is 2.74. The average Bonchev–Trinajstić information content (AvgIpc) is 3.08. The molecule has 5 heterocycles. The molecule has 1 saturated heterocycles. The smallest absolute Gasteiger partial charge is 0.177 e. The Balaban J connectivity index is 1.21. The average molecular weight is 351 g/mol. The van der Waals surface area contributed by atoms with Crippen LogP contribution < -0.4 is 10.2 Å². The molecule has 0 unspecified atom stereocenters. The molecule has 0 spiro atoms. The summed E-state index contributed by atoms with van der Waals surface area (Å²) in [5.41, 5.74) is 3.20. The van der Waals surface area contributed by atoms with Gasteiger partial charge < -0.3 is 15.1 Å². The minimum absolute atomic E-state index is 0.584. The van der Waals surface area contributed by atoms with Crippen molar-refractivity contribution in [2.75, 3.05) is 43.4 Å². The van der Waals surface area contributed by atoms with E-state index < -0.39 is 0 Å². The second-order valence-electron chi connectivity index (χ2n) is 7.11. The zero-order valence-electron chi connectivity index (χ0n) is 14.7. The quantitative estimate of drug-likeness (QED) is 0.725. The minimum Gasteiger partial charge on any atom is -0.369 e. The van der Waals surface area contributed by atoms with Crippen molar-refractivity contribution in [3.05, 3.63) is 36.0 Å². The number of nitrogens with one attached hydrogen (secondary N) is 1.